The maximum atomic E-state index is 12.3. The number of hydrogen-bond acceptors (Lipinski definition) is 4. The maximum Gasteiger partial charge on any atom is 0.272 e. The van der Waals surface area contributed by atoms with E-state index in [2.05, 4.69) is 15.6 Å². The minimum atomic E-state index is -0.128. The quantitative estimate of drug-likeness (QED) is 0.830. The molecule has 0 aliphatic carbocycles. The second kappa shape index (κ2) is 6.17. The predicted octanol–water partition coefficient (Wildman–Crippen LogP) is 0.475. The van der Waals surface area contributed by atoms with Gasteiger partial charge in [0.25, 0.3) is 5.91 Å². The Morgan fingerprint density at radius 1 is 1.53 bits per heavy atom. The molecule has 19 heavy (non-hydrogen) atoms. The van der Waals surface area contributed by atoms with Gasteiger partial charge in [-0.3, -0.25) is 14.6 Å². The van der Waals surface area contributed by atoms with Crippen LogP contribution in [-0.4, -0.2) is 47.9 Å². The number of anilines is 1. The van der Waals surface area contributed by atoms with Crippen LogP contribution in [0, 0.1) is 0 Å². The zero-order valence-electron chi connectivity index (χ0n) is 11.0. The number of carbonyl (C=O) groups excluding carboxylic acids is 2. The first-order valence-electron chi connectivity index (χ1n) is 6.46. The van der Waals surface area contributed by atoms with E-state index in [-0.39, 0.29) is 11.8 Å². The largest absolute Gasteiger partial charge is 0.385 e. The fourth-order valence-corrected chi connectivity index (χ4v) is 1.99. The van der Waals surface area contributed by atoms with Crippen LogP contribution in [0.5, 0.6) is 0 Å². The van der Waals surface area contributed by atoms with Crippen molar-refractivity contribution in [2.45, 2.75) is 13.3 Å². The summed E-state index contributed by atoms with van der Waals surface area (Å²) < 4.78 is 0. The highest BCUT2D eigenvalue weighted by Gasteiger charge is 2.20. The molecule has 1 aromatic rings. The summed E-state index contributed by atoms with van der Waals surface area (Å²) in [5, 5.41) is 5.89. The number of aromatic nitrogens is 1. The minimum Gasteiger partial charge on any atom is -0.385 e. The van der Waals surface area contributed by atoms with Gasteiger partial charge >= 0.3 is 0 Å². The maximum absolute atomic E-state index is 12.3. The van der Waals surface area contributed by atoms with Crippen molar-refractivity contribution >= 4 is 17.5 Å². The van der Waals surface area contributed by atoms with Gasteiger partial charge in [0.05, 0.1) is 0 Å². The van der Waals surface area contributed by atoms with E-state index in [1.807, 2.05) is 13.0 Å². The molecule has 1 fully saturated rings. The highest BCUT2D eigenvalue weighted by Crippen LogP contribution is 2.10. The summed E-state index contributed by atoms with van der Waals surface area (Å²) in [7, 11) is 0. The first kappa shape index (κ1) is 13.3. The summed E-state index contributed by atoms with van der Waals surface area (Å²) >= 11 is 0. The summed E-state index contributed by atoms with van der Waals surface area (Å²) in [4.78, 5) is 29.3. The standard InChI is InChI=1S/C13H18N4O2/c1-2-14-10-3-5-15-11(9-10)13(19)17-7-4-12(18)16-6-8-17/h3,5,9H,2,4,6-8H2,1H3,(H,14,15)(H,16,18). The lowest BCUT2D eigenvalue weighted by Gasteiger charge is -2.19. The van der Waals surface area contributed by atoms with Gasteiger partial charge in [0.15, 0.2) is 0 Å². The van der Waals surface area contributed by atoms with E-state index < -0.39 is 0 Å². The normalized spacial score (nSPS) is 15.6. The molecular formula is C13H18N4O2. The molecule has 2 heterocycles. The molecule has 1 aromatic heterocycles. The van der Waals surface area contributed by atoms with E-state index in [4.69, 9.17) is 0 Å². The Hall–Kier alpha value is -2.11. The van der Waals surface area contributed by atoms with Crippen LogP contribution in [0.15, 0.2) is 18.3 Å². The summed E-state index contributed by atoms with van der Waals surface area (Å²) in [6.07, 6.45) is 1.96. The number of hydrogen-bond donors (Lipinski definition) is 2. The third kappa shape index (κ3) is 3.43. The molecule has 0 aromatic carbocycles. The topological polar surface area (TPSA) is 74.3 Å². The third-order valence-corrected chi connectivity index (χ3v) is 2.96. The molecule has 0 radical (unpaired) electrons. The molecule has 0 atom stereocenters. The van der Waals surface area contributed by atoms with Crippen LogP contribution in [0.2, 0.25) is 0 Å². The number of nitrogens with zero attached hydrogens (tertiary/aromatic N) is 2. The van der Waals surface area contributed by atoms with Gasteiger partial charge in [-0.25, -0.2) is 0 Å². The zero-order valence-corrected chi connectivity index (χ0v) is 11.0. The van der Waals surface area contributed by atoms with Gasteiger partial charge < -0.3 is 15.5 Å². The summed E-state index contributed by atoms with van der Waals surface area (Å²) in [6, 6.07) is 3.57. The molecule has 1 aliphatic rings. The Kier molecular flexibility index (Phi) is 4.33. The highest BCUT2D eigenvalue weighted by molar-refractivity contribution is 5.93. The van der Waals surface area contributed by atoms with Crippen LogP contribution >= 0.6 is 0 Å². The van der Waals surface area contributed by atoms with Crippen molar-refractivity contribution in [2.24, 2.45) is 0 Å². The first-order chi connectivity index (χ1) is 9.20. The van der Waals surface area contributed by atoms with Crippen LogP contribution in [0.1, 0.15) is 23.8 Å². The number of carbonyl (C=O) groups is 2. The summed E-state index contributed by atoms with van der Waals surface area (Å²) in [5.74, 6) is -0.138. The van der Waals surface area contributed by atoms with Crippen LogP contribution in [0.25, 0.3) is 0 Å². The molecule has 0 unspecified atom stereocenters. The molecule has 0 spiro atoms. The van der Waals surface area contributed by atoms with E-state index >= 15 is 0 Å². The lowest BCUT2D eigenvalue weighted by atomic mass is 10.2. The van der Waals surface area contributed by atoms with Gasteiger partial charge in [0.2, 0.25) is 5.91 Å². The molecular weight excluding hydrogens is 244 g/mol. The number of nitrogens with one attached hydrogen (secondary N) is 2. The minimum absolute atomic E-state index is 0.00957. The first-order valence-corrected chi connectivity index (χ1v) is 6.46. The molecule has 2 rings (SSSR count). The molecule has 0 saturated carbocycles. The van der Waals surface area contributed by atoms with Gasteiger partial charge in [0.1, 0.15) is 5.69 Å². The van der Waals surface area contributed by atoms with Crippen molar-refractivity contribution in [3.63, 3.8) is 0 Å². The van der Waals surface area contributed by atoms with Gasteiger partial charge in [-0.15, -0.1) is 0 Å². The van der Waals surface area contributed by atoms with Gasteiger partial charge in [0, 0.05) is 44.5 Å². The number of pyridine rings is 1. The fourth-order valence-electron chi connectivity index (χ4n) is 1.99. The lowest BCUT2D eigenvalue weighted by molar-refractivity contribution is -0.120. The van der Waals surface area contributed by atoms with Crippen molar-refractivity contribution in [1.29, 1.82) is 0 Å². The van der Waals surface area contributed by atoms with Crippen molar-refractivity contribution in [3.05, 3.63) is 24.0 Å². The molecule has 102 valence electrons. The van der Waals surface area contributed by atoms with Crippen molar-refractivity contribution in [1.82, 2.24) is 15.2 Å². The van der Waals surface area contributed by atoms with Crippen LogP contribution in [0.3, 0.4) is 0 Å². The Morgan fingerprint density at radius 2 is 2.37 bits per heavy atom. The van der Waals surface area contributed by atoms with E-state index in [0.29, 0.717) is 31.7 Å². The molecule has 6 heteroatoms. The van der Waals surface area contributed by atoms with E-state index in [1.165, 1.54) is 0 Å². The molecule has 6 nitrogen and oxygen atoms in total. The lowest BCUT2D eigenvalue weighted by Crippen LogP contribution is -2.34. The SMILES string of the molecule is CCNc1ccnc(C(=O)N2CCNC(=O)CC2)c1. The second-order valence-electron chi connectivity index (χ2n) is 4.35. The number of amides is 2. The predicted molar refractivity (Wildman–Crippen MR) is 71.9 cm³/mol. The average Bonchev–Trinajstić information content (AvgIpc) is 2.63. The second-order valence-corrected chi connectivity index (χ2v) is 4.35. The molecule has 2 amide bonds. The van der Waals surface area contributed by atoms with Gasteiger partial charge in [-0.1, -0.05) is 0 Å². The monoisotopic (exact) mass is 262 g/mol. The average molecular weight is 262 g/mol. The Morgan fingerprint density at radius 3 is 3.16 bits per heavy atom. The van der Waals surface area contributed by atoms with Gasteiger partial charge in [-0.05, 0) is 19.1 Å². The van der Waals surface area contributed by atoms with Crippen molar-refractivity contribution < 1.29 is 9.59 Å². The number of rotatable bonds is 3. The molecule has 1 saturated heterocycles. The Bertz CT molecular complexity index is 475. The van der Waals surface area contributed by atoms with Crippen LogP contribution in [-0.2, 0) is 4.79 Å². The van der Waals surface area contributed by atoms with E-state index in [9.17, 15) is 9.59 Å². The van der Waals surface area contributed by atoms with Crippen molar-refractivity contribution in [3.8, 4) is 0 Å². The Balaban J connectivity index is 2.09. The van der Waals surface area contributed by atoms with Gasteiger partial charge in [-0.2, -0.15) is 0 Å². The van der Waals surface area contributed by atoms with Crippen LogP contribution in [0.4, 0.5) is 5.69 Å². The van der Waals surface area contributed by atoms with Crippen molar-refractivity contribution in [2.75, 3.05) is 31.5 Å². The molecule has 1 aliphatic heterocycles. The smallest absolute Gasteiger partial charge is 0.272 e. The summed E-state index contributed by atoms with van der Waals surface area (Å²) in [5.41, 5.74) is 1.29. The fraction of sp³-hybridized carbons (Fsp3) is 0.462. The highest BCUT2D eigenvalue weighted by atomic mass is 16.2. The third-order valence-electron chi connectivity index (χ3n) is 2.96. The molecule has 2 N–H and O–H groups in total. The zero-order chi connectivity index (χ0) is 13.7. The van der Waals surface area contributed by atoms with E-state index in [1.54, 1.807) is 17.2 Å². The van der Waals surface area contributed by atoms with E-state index in [0.717, 1.165) is 12.2 Å². The van der Waals surface area contributed by atoms with Crippen LogP contribution < -0.4 is 10.6 Å². The molecule has 0 bridgehead atoms. The Labute approximate surface area is 112 Å². The summed E-state index contributed by atoms with van der Waals surface area (Å²) in [6.45, 7) is 4.25.